The average Bonchev–Trinajstić information content (AvgIpc) is 3.71. The molecule has 4 aliphatic rings. The van der Waals surface area contributed by atoms with E-state index in [0.717, 1.165) is 32.3 Å². The van der Waals surface area contributed by atoms with E-state index >= 15 is 0 Å². The minimum absolute atomic E-state index is 0.0403. The Kier molecular flexibility index (Phi) is 11.1. The molecule has 0 radical (unpaired) electrons. The molecule has 0 bridgehead atoms. The van der Waals surface area contributed by atoms with Gasteiger partial charge in [0.15, 0.2) is 17.0 Å². The minimum atomic E-state index is -2.65. The molecule has 5 N–H and O–H groups in total. The zero-order valence-corrected chi connectivity index (χ0v) is 28.2. The van der Waals surface area contributed by atoms with Crippen molar-refractivity contribution in [2.75, 3.05) is 6.61 Å². The van der Waals surface area contributed by atoms with Gasteiger partial charge in [-0.15, -0.1) is 0 Å². The zero-order chi connectivity index (χ0) is 34.9. The summed E-state index contributed by atoms with van der Waals surface area (Å²) >= 11 is 0. The van der Waals surface area contributed by atoms with Crippen LogP contribution in [0.2, 0.25) is 0 Å². The predicted octanol–water partition coefficient (Wildman–Crippen LogP) is 2.77. The highest BCUT2D eigenvalue weighted by atomic mass is 16.6. The van der Waals surface area contributed by atoms with Crippen molar-refractivity contribution in [3.05, 3.63) is 48.1 Å². The molecule has 47 heavy (non-hydrogen) atoms. The summed E-state index contributed by atoms with van der Waals surface area (Å²) in [5.74, 6) is -6.79. The predicted molar refractivity (Wildman–Crippen MR) is 172 cm³/mol. The van der Waals surface area contributed by atoms with Crippen molar-refractivity contribution in [2.24, 2.45) is 17.8 Å². The van der Waals surface area contributed by atoms with Gasteiger partial charge in [-0.1, -0.05) is 83.3 Å². The standard InChI is InChI=1S/C36H52O11/c1-7-8-9-10-11-12-13-14-15-16-17-18-26(39)46-31-27-30-33(20-37,47-30)32(41)36(44)25(19-22(4)28(36)40)35(27,43)23(5)29(45-24(6)38)34(31,42)21(2)3/h15-19,23,25,27,29-32,37,41-44H,2,7-14,20H2,1,3-6H3. The lowest BCUT2D eigenvalue weighted by molar-refractivity contribution is -0.287. The molecular formula is C36H52O11. The highest BCUT2D eigenvalue weighted by Gasteiger charge is 2.85. The second kappa shape index (κ2) is 14.1. The fourth-order valence-corrected chi connectivity index (χ4v) is 8.29. The number of ketones is 1. The van der Waals surface area contributed by atoms with E-state index in [2.05, 4.69) is 13.5 Å². The van der Waals surface area contributed by atoms with E-state index in [1.165, 1.54) is 65.0 Å². The molecule has 4 rings (SSSR count). The van der Waals surface area contributed by atoms with Gasteiger partial charge in [0.2, 0.25) is 0 Å². The Balaban J connectivity index is 1.69. The van der Waals surface area contributed by atoms with Gasteiger partial charge in [0.05, 0.1) is 18.1 Å². The second-order valence-electron chi connectivity index (χ2n) is 13.9. The van der Waals surface area contributed by atoms with Crippen molar-refractivity contribution in [1.29, 1.82) is 0 Å². The third-order valence-electron chi connectivity index (χ3n) is 10.9. The molecule has 11 nitrogen and oxygen atoms in total. The van der Waals surface area contributed by atoms with Crippen molar-refractivity contribution >= 4 is 17.7 Å². The molecule has 3 aliphatic carbocycles. The van der Waals surface area contributed by atoms with Gasteiger partial charge in [0.25, 0.3) is 0 Å². The monoisotopic (exact) mass is 660 g/mol. The van der Waals surface area contributed by atoms with Crippen LogP contribution in [0.25, 0.3) is 0 Å². The lowest BCUT2D eigenvalue weighted by Crippen LogP contribution is -2.76. The van der Waals surface area contributed by atoms with Crippen LogP contribution in [0.4, 0.5) is 0 Å². The second-order valence-corrected chi connectivity index (χ2v) is 13.9. The molecule has 1 saturated heterocycles. The first-order valence-electron chi connectivity index (χ1n) is 16.8. The number of hydrogen-bond donors (Lipinski definition) is 5. The van der Waals surface area contributed by atoms with E-state index in [1.807, 2.05) is 6.08 Å². The van der Waals surface area contributed by atoms with Crippen LogP contribution in [0.3, 0.4) is 0 Å². The maximum absolute atomic E-state index is 13.4. The number of ether oxygens (including phenoxy) is 3. The topological polar surface area (TPSA) is 183 Å². The van der Waals surface area contributed by atoms with E-state index in [0.29, 0.717) is 0 Å². The lowest BCUT2D eigenvalue weighted by Gasteiger charge is -2.59. The third-order valence-corrected chi connectivity index (χ3v) is 10.9. The highest BCUT2D eigenvalue weighted by Crippen LogP contribution is 2.66. The van der Waals surface area contributed by atoms with Gasteiger partial charge in [-0.3, -0.25) is 9.59 Å². The molecule has 0 aromatic rings. The summed E-state index contributed by atoms with van der Waals surface area (Å²) in [5.41, 5.74) is -9.06. The molecular weight excluding hydrogens is 608 g/mol. The maximum atomic E-state index is 13.4. The van der Waals surface area contributed by atoms with E-state index < -0.39 is 88.9 Å². The Morgan fingerprint density at radius 2 is 1.66 bits per heavy atom. The normalized spacial score (nSPS) is 40.8. The molecule has 0 amide bonds. The van der Waals surface area contributed by atoms with Gasteiger partial charge >= 0.3 is 11.9 Å². The molecule has 1 heterocycles. The molecule has 11 atom stereocenters. The Bertz CT molecular complexity index is 1320. The number of fused-ring (bicyclic) bond motifs is 5. The summed E-state index contributed by atoms with van der Waals surface area (Å²) < 4.78 is 17.4. The number of carbonyl (C=O) groups is 3. The van der Waals surface area contributed by atoms with E-state index in [1.54, 1.807) is 6.08 Å². The van der Waals surface area contributed by atoms with Crippen molar-refractivity contribution in [2.45, 2.75) is 133 Å². The fraction of sp³-hybridized carbons (Fsp3) is 0.694. The van der Waals surface area contributed by atoms with Crippen LogP contribution in [-0.2, 0) is 28.6 Å². The van der Waals surface area contributed by atoms with Crippen LogP contribution in [-0.4, -0.2) is 96.7 Å². The maximum Gasteiger partial charge on any atom is 0.331 e. The Labute approximate surface area is 277 Å². The van der Waals surface area contributed by atoms with Crippen LogP contribution < -0.4 is 0 Å². The van der Waals surface area contributed by atoms with Crippen LogP contribution in [0.15, 0.2) is 48.1 Å². The Hall–Kier alpha value is -2.67. The van der Waals surface area contributed by atoms with E-state index in [4.69, 9.17) is 14.2 Å². The minimum Gasteiger partial charge on any atom is -0.459 e. The number of aliphatic hydroxyl groups excluding tert-OH is 2. The summed E-state index contributed by atoms with van der Waals surface area (Å²) in [6, 6.07) is 0. The molecule has 0 spiro atoms. The lowest BCUT2D eigenvalue weighted by atomic mass is 9.53. The molecule has 2 saturated carbocycles. The largest absolute Gasteiger partial charge is 0.459 e. The molecule has 1 aliphatic heterocycles. The third kappa shape index (κ3) is 6.08. The van der Waals surface area contributed by atoms with Crippen molar-refractivity contribution in [1.82, 2.24) is 0 Å². The fourth-order valence-electron chi connectivity index (χ4n) is 8.29. The Morgan fingerprint density at radius 1 is 1.02 bits per heavy atom. The van der Waals surface area contributed by atoms with Gasteiger partial charge in [-0.2, -0.15) is 0 Å². The molecule has 262 valence electrons. The molecule has 0 aromatic carbocycles. The van der Waals surface area contributed by atoms with Crippen LogP contribution in [0.1, 0.15) is 86.0 Å². The molecule has 3 fully saturated rings. The summed E-state index contributed by atoms with van der Waals surface area (Å²) in [7, 11) is 0. The smallest absolute Gasteiger partial charge is 0.331 e. The van der Waals surface area contributed by atoms with Crippen molar-refractivity contribution in [3.63, 3.8) is 0 Å². The van der Waals surface area contributed by atoms with Gasteiger partial charge < -0.3 is 39.7 Å². The summed E-state index contributed by atoms with van der Waals surface area (Å²) in [6.07, 6.45) is 10.1. The summed E-state index contributed by atoms with van der Waals surface area (Å²) in [6.45, 7) is 10.7. The van der Waals surface area contributed by atoms with Gasteiger partial charge in [0.1, 0.15) is 30.0 Å². The number of epoxide rings is 1. The Morgan fingerprint density at radius 3 is 2.26 bits per heavy atom. The average molecular weight is 661 g/mol. The first kappa shape index (κ1) is 37.2. The quantitative estimate of drug-likeness (QED) is 0.0461. The number of rotatable bonds is 14. The zero-order valence-electron chi connectivity index (χ0n) is 28.2. The first-order valence-corrected chi connectivity index (χ1v) is 16.8. The van der Waals surface area contributed by atoms with E-state index in [-0.39, 0.29) is 11.1 Å². The number of hydrogen-bond acceptors (Lipinski definition) is 11. The number of aliphatic hydroxyl groups is 5. The summed E-state index contributed by atoms with van der Waals surface area (Å²) in [4.78, 5) is 39.2. The number of unbranched alkanes of at least 4 members (excludes halogenated alkanes) is 7. The summed E-state index contributed by atoms with van der Waals surface area (Å²) in [5, 5.41) is 59.1. The molecule has 11 heteroatoms. The SMILES string of the molecule is C=C(C)C1(O)C(OC(C)=O)C(C)C2(O)C(C3OC3(CO)C(O)C3(O)C(=O)C(C)=CC32)C1OC(=O)C=CC=CCCCCCCCCC. The van der Waals surface area contributed by atoms with Gasteiger partial charge in [0, 0.05) is 24.8 Å². The van der Waals surface area contributed by atoms with Crippen molar-refractivity contribution in [3.8, 4) is 0 Å². The van der Waals surface area contributed by atoms with Gasteiger partial charge in [-0.05, 0) is 37.8 Å². The van der Waals surface area contributed by atoms with Crippen LogP contribution >= 0.6 is 0 Å². The number of carbonyl (C=O) groups excluding carboxylic acids is 3. The highest BCUT2D eigenvalue weighted by molar-refractivity contribution is 6.05. The number of Topliss-reactive ketones (excluding diaryl/α,β-unsaturated/α-hetero) is 1. The number of allylic oxidation sites excluding steroid dienone is 3. The number of esters is 2. The first-order chi connectivity index (χ1) is 22.1. The van der Waals surface area contributed by atoms with Crippen LogP contribution in [0.5, 0.6) is 0 Å². The molecule has 11 unspecified atom stereocenters. The van der Waals surface area contributed by atoms with Crippen LogP contribution in [0, 0.1) is 17.8 Å². The van der Waals surface area contributed by atoms with Crippen molar-refractivity contribution < 1.29 is 54.1 Å². The van der Waals surface area contributed by atoms with E-state index in [9.17, 15) is 39.9 Å². The van der Waals surface area contributed by atoms with Gasteiger partial charge in [-0.25, -0.2) is 4.79 Å². The molecule has 0 aromatic heterocycles.